The van der Waals surface area contributed by atoms with Gasteiger partial charge in [0.15, 0.2) is 5.78 Å². The average molecular weight is 537 g/mol. The van der Waals surface area contributed by atoms with Crippen molar-refractivity contribution < 1.29 is 29.0 Å². The van der Waals surface area contributed by atoms with E-state index in [1.54, 1.807) is 18.1 Å². The number of hydrogen-bond donors (Lipinski definition) is 4. The van der Waals surface area contributed by atoms with Crippen LogP contribution in [0.15, 0.2) is 24.3 Å². The molecule has 4 N–H and O–H groups in total. The molecular formula is C29H36N4O6. The molecule has 0 bridgehead atoms. The summed E-state index contributed by atoms with van der Waals surface area (Å²) in [6, 6.07) is 5.73. The number of methoxy groups -OCH3 is 1. The zero-order chi connectivity index (χ0) is 27.3. The molecule has 2 aromatic rings. The average Bonchev–Trinajstić information content (AvgIpc) is 3.74. The summed E-state index contributed by atoms with van der Waals surface area (Å²) in [6.45, 7) is -0.245. The van der Waals surface area contributed by atoms with Gasteiger partial charge in [-0.05, 0) is 68.1 Å². The number of benzene rings is 1. The van der Waals surface area contributed by atoms with Crippen LogP contribution in [0.2, 0.25) is 0 Å². The predicted molar refractivity (Wildman–Crippen MR) is 142 cm³/mol. The topological polar surface area (TPSA) is 141 Å². The van der Waals surface area contributed by atoms with Crippen LogP contribution in [0, 0.1) is 23.7 Å². The molecule has 3 amide bonds. The van der Waals surface area contributed by atoms with Crippen LogP contribution in [-0.2, 0) is 14.4 Å². The molecule has 0 unspecified atom stereocenters. The van der Waals surface area contributed by atoms with E-state index in [-0.39, 0.29) is 53.9 Å². The molecule has 1 aromatic heterocycles. The van der Waals surface area contributed by atoms with E-state index in [2.05, 4.69) is 15.6 Å². The number of ether oxygens (including phenoxy) is 1. The number of Topliss-reactive ketones (excluding diaryl/α,β-unsaturated/α-hetero) is 1. The van der Waals surface area contributed by atoms with Crippen LogP contribution < -0.4 is 15.4 Å². The summed E-state index contributed by atoms with van der Waals surface area (Å²) in [6.07, 6.45) is 5.80. The second kappa shape index (κ2) is 10.3. The number of aromatic nitrogens is 1. The Hall–Kier alpha value is -3.40. The van der Waals surface area contributed by atoms with Gasteiger partial charge in [-0.1, -0.05) is 18.9 Å². The predicted octanol–water partition coefficient (Wildman–Crippen LogP) is 1.77. The van der Waals surface area contributed by atoms with Crippen LogP contribution in [0.25, 0.3) is 10.9 Å². The minimum atomic E-state index is -0.979. The third kappa shape index (κ3) is 4.48. The van der Waals surface area contributed by atoms with Gasteiger partial charge in [-0.25, -0.2) is 0 Å². The fourth-order valence-electron chi connectivity index (χ4n) is 7.73. The normalized spacial score (nSPS) is 30.2. The van der Waals surface area contributed by atoms with Crippen molar-refractivity contribution in [3.05, 3.63) is 30.0 Å². The Balaban J connectivity index is 1.24. The lowest BCUT2D eigenvalue weighted by molar-refractivity contribution is -0.133. The molecule has 2 aliphatic heterocycles. The summed E-state index contributed by atoms with van der Waals surface area (Å²) >= 11 is 0. The van der Waals surface area contributed by atoms with Crippen LogP contribution in [0.3, 0.4) is 0 Å². The van der Waals surface area contributed by atoms with Crippen molar-refractivity contribution in [3.63, 3.8) is 0 Å². The zero-order valence-corrected chi connectivity index (χ0v) is 22.2. The number of likely N-dealkylation sites (tertiary alicyclic amines) is 1. The summed E-state index contributed by atoms with van der Waals surface area (Å²) in [5.74, 6) is -0.609. The first-order chi connectivity index (χ1) is 18.9. The van der Waals surface area contributed by atoms with Gasteiger partial charge in [0.2, 0.25) is 11.8 Å². The van der Waals surface area contributed by atoms with Crippen molar-refractivity contribution in [2.24, 2.45) is 23.7 Å². The van der Waals surface area contributed by atoms with Crippen molar-refractivity contribution in [2.45, 2.75) is 63.1 Å². The Kier molecular flexibility index (Phi) is 6.82. The second-order valence-corrected chi connectivity index (χ2v) is 11.6. The molecule has 6 rings (SSSR count). The lowest BCUT2D eigenvalue weighted by atomic mass is 9.85. The minimum absolute atomic E-state index is 0.00624. The van der Waals surface area contributed by atoms with Gasteiger partial charge in [0.05, 0.1) is 13.2 Å². The molecule has 208 valence electrons. The number of aliphatic hydroxyl groups is 1. The number of H-pyrrole nitrogens is 1. The molecule has 2 saturated heterocycles. The van der Waals surface area contributed by atoms with E-state index in [0.717, 1.165) is 49.4 Å². The highest BCUT2D eigenvalue weighted by Crippen LogP contribution is 2.43. The van der Waals surface area contributed by atoms with Gasteiger partial charge in [0.1, 0.15) is 24.1 Å². The molecule has 10 nitrogen and oxygen atoms in total. The SMILES string of the molecule is COc1cccc2[nH]c(C(=O)N3C[C@@H]4CCC[C@@H]4[C@H]3C(=O)N[C@@H](C[C@H]3C(=O)N[C@@H]4CCC[C@@H]43)C(=O)CO)cc12. The van der Waals surface area contributed by atoms with Crippen molar-refractivity contribution in [1.82, 2.24) is 20.5 Å². The molecule has 2 aliphatic carbocycles. The maximum Gasteiger partial charge on any atom is 0.271 e. The van der Waals surface area contributed by atoms with E-state index in [0.29, 0.717) is 18.0 Å². The van der Waals surface area contributed by atoms with Crippen LogP contribution in [0.4, 0.5) is 0 Å². The summed E-state index contributed by atoms with van der Waals surface area (Å²) in [5.41, 5.74) is 1.15. The molecule has 2 saturated carbocycles. The third-order valence-electron chi connectivity index (χ3n) is 9.60. The first kappa shape index (κ1) is 25.9. The number of aliphatic hydroxyl groups excluding tert-OH is 1. The molecule has 3 heterocycles. The number of amides is 3. The highest BCUT2D eigenvalue weighted by atomic mass is 16.5. The van der Waals surface area contributed by atoms with Gasteiger partial charge in [-0.3, -0.25) is 19.2 Å². The number of rotatable bonds is 8. The molecule has 0 spiro atoms. The quantitative estimate of drug-likeness (QED) is 0.405. The molecule has 4 aliphatic rings. The number of carbonyl (C=O) groups is 4. The Morgan fingerprint density at radius 3 is 2.74 bits per heavy atom. The fourth-order valence-corrected chi connectivity index (χ4v) is 7.73. The van der Waals surface area contributed by atoms with Crippen molar-refractivity contribution >= 4 is 34.4 Å². The number of aromatic amines is 1. The number of nitrogens with one attached hydrogen (secondary N) is 3. The summed E-state index contributed by atoms with van der Waals surface area (Å²) in [5, 5.41) is 16.4. The maximum absolute atomic E-state index is 13.9. The lowest BCUT2D eigenvalue weighted by Crippen LogP contribution is -2.54. The first-order valence-corrected chi connectivity index (χ1v) is 14.1. The smallest absolute Gasteiger partial charge is 0.271 e. The van der Waals surface area contributed by atoms with Crippen LogP contribution in [-0.4, -0.2) is 76.9 Å². The van der Waals surface area contributed by atoms with Gasteiger partial charge >= 0.3 is 0 Å². The lowest BCUT2D eigenvalue weighted by Gasteiger charge is -2.29. The number of hydrogen-bond acceptors (Lipinski definition) is 6. The van der Waals surface area contributed by atoms with Gasteiger partial charge < -0.3 is 30.4 Å². The second-order valence-electron chi connectivity index (χ2n) is 11.6. The Morgan fingerprint density at radius 2 is 1.95 bits per heavy atom. The van der Waals surface area contributed by atoms with Crippen molar-refractivity contribution in [2.75, 3.05) is 20.3 Å². The highest BCUT2D eigenvalue weighted by Gasteiger charge is 2.51. The Morgan fingerprint density at radius 1 is 1.15 bits per heavy atom. The van der Waals surface area contributed by atoms with Crippen molar-refractivity contribution in [3.8, 4) is 5.75 Å². The van der Waals surface area contributed by atoms with Gasteiger partial charge in [-0.2, -0.15) is 0 Å². The molecule has 39 heavy (non-hydrogen) atoms. The van der Waals surface area contributed by atoms with E-state index in [4.69, 9.17) is 4.74 Å². The van der Waals surface area contributed by atoms with Crippen molar-refractivity contribution in [1.29, 1.82) is 0 Å². The summed E-state index contributed by atoms with van der Waals surface area (Å²) in [4.78, 5) is 57.9. The van der Waals surface area contributed by atoms with Crippen LogP contribution in [0.5, 0.6) is 5.75 Å². The van der Waals surface area contributed by atoms with Gasteiger partial charge in [-0.15, -0.1) is 0 Å². The number of fused-ring (bicyclic) bond motifs is 3. The van der Waals surface area contributed by atoms with E-state index >= 15 is 0 Å². The number of nitrogens with zero attached hydrogens (tertiary/aromatic N) is 1. The highest BCUT2D eigenvalue weighted by molar-refractivity contribution is 6.02. The van der Waals surface area contributed by atoms with Crippen LogP contribution >= 0.6 is 0 Å². The zero-order valence-electron chi connectivity index (χ0n) is 22.2. The fraction of sp³-hybridized carbons (Fsp3) is 0.586. The summed E-state index contributed by atoms with van der Waals surface area (Å²) in [7, 11) is 1.58. The van der Waals surface area contributed by atoms with Crippen LogP contribution in [0.1, 0.15) is 55.4 Å². The van der Waals surface area contributed by atoms with E-state index < -0.39 is 24.5 Å². The molecule has 10 heteroatoms. The first-order valence-electron chi connectivity index (χ1n) is 14.1. The van der Waals surface area contributed by atoms with Gasteiger partial charge in [0, 0.05) is 29.4 Å². The molecule has 0 radical (unpaired) electrons. The third-order valence-corrected chi connectivity index (χ3v) is 9.60. The molecular weight excluding hydrogens is 500 g/mol. The van der Waals surface area contributed by atoms with E-state index in [1.807, 2.05) is 18.2 Å². The van der Waals surface area contributed by atoms with E-state index in [9.17, 15) is 24.3 Å². The number of ketones is 1. The summed E-state index contributed by atoms with van der Waals surface area (Å²) < 4.78 is 5.44. The van der Waals surface area contributed by atoms with E-state index in [1.165, 1.54) is 0 Å². The molecule has 7 atom stereocenters. The Labute approximate surface area is 226 Å². The number of carbonyl (C=O) groups excluding carboxylic acids is 4. The molecule has 1 aromatic carbocycles. The van der Waals surface area contributed by atoms with Gasteiger partial charge in [0.25, 0.3) is 5.91 Å². The standard InChI is InChI=1S/C29H36N4O6/c1-39-25-10-4-9-21-19(25)12-23(30-21)29(38)33-13-15-5-2-6-16(15)26(33)28(37)32-22(24(35)14-34)11-18-17-7-3-8-20(17)31-27(18)36/h4,9-10,12,15-18,20,22,26,30,34H,2-3,5-8,11,13-14H2,1H3,(H,31,36)(H,32,37)/t15-,16-,17+,18+,20+,22-,26-/m0/s1. The minimum Gasteiger partial charge on any atom is -0.496 e. The largest absolute Gasteiger partial charge is 0.496 e. The Bertz CT molecular complexity index is 1310. The maximum atomic E-state index is 13.9. The monoisotopic (exact) mass is 536 g/mol. The molecule has 4 fully saturated rings.